The summed E-state index contributed by atoms with van der Waals surface area (Å²) in [5, 5.41) is 0.961. The topological polar surface area (TPSA) is 115 Å². The number of benzene rings is 1. The minimum Gasteiger partial charge on any atom is -0.428 e. The molecule has 1 aromatic heterocycles. The molecule has 2 aromatic rings. The molecule has 3 N–H and O–H groups in total. The minimum absolute atomic E-state index is 0.0959. The molecule has 0 aliphatic heterocycles. The zero-order valence-electron chi connectivity index (χ0n) is 11.4. The highest BCUT2D eigenvalue weighted by atomic mass is 32.2. The molecule has 0 saturated heterocycles. The number of carbonyl (C=O) groups excluding carboxylic acids is 1. The van der Waals surface area contributed by atoms with Crippen LogP contribution < -0.4 is 11.1 Å². The molecule has 1 aliphatic carbocycles. The quantitative estimate of drug-likeness (QED) is 0.809. The van der Waals surface area contributed by atoms with Crippen LogP contribution in [0.15, 0.2) is 27.8 Å². The van der Waals surface area contributed by atoms with E-state index in [1.54, 1.807) is 12.1 Å². The Kier molecular flexibility index (Phi) is 3.12. The molecule has 1 saturated carbocycles. The Labute approximate surface area is 121 Å². The maximum atomic E-state index is 12.4. The Morgan fingerprint density at radius 3 is 2.86 bits per heavy atom. The molecular weight excluding hydrogens is 294 g/mol. The number of nitrogens with one attached hydrogen (secondary N) is 1. The van der Waals surface area contributed by atoms with Crippen LogP contribution in [-0.4, -0.2) is 30.6 Å². The predicted molar refractivity (Wildman–Crippen MR) is 76.2 cm³/mol. The van der Waals surface area contributed by atoms with Crippen molar-refractivity contribution in [1.29, 1.82) is 0 Å². The predicted octanol–water partition coefficient (Wildman–Crippen LogP) is 0.851. The summed E-state index contributed by atoms with van der Waals surface area (Å²) in [6.45, 7) is 1.33. The number of hydrogen-bond donors (Lipinski definition) is 2. The smallest absolute Gasteiger partial charge is 0.316 e. The van der Waals surface area contributed by atoms with Gasteiger partial charge in [0.2, 0.25) is 15.7 Å². The highest BCUT2D eigenvalue weighted by molar-refractivity contribution is 7.92. The van der Waals surface area contributed by atoms with Crippen molar-refractivity contribution >= 4 is 32.5 Å². The average Bonchev–Trinajstić information content (AvgIpc) is 3.13. The molecule has 112 valence electrons. The first kappa shape index (κ1) is 13.9. The van der Waals surface area contributed by atoms with Crippen LogP contribution in [0, 0.1) is 0 Å². The summed E-state index contributed by atoms with van der Waals surface area (Å²) < 4.78 is 30.0. The molecule has 1 aliphatic rings. The van der Waals surface area contributed by atoms with Gasteiger partial charge in [0.1, 0.15) is 10.8 Å². The Bertz CT molecular complexity index is 808. The van der Waals surface area contributed by atoms with E-state index in [2.05, 4.69) is 10.3 Å². The molecule has 0 radical (unpaired) electrons. The van der Waals surface area contributed by atoms with Crippen LogP contribution in [0.5, 0.6) is 0 Å². The fourth-order valence-corrected chi connectivity index (χ4v) is 2.96. The average molecular weight is 309 g/mol. The third-order valence-corrected chi connectivity index (χ3v) is 5.20. The Balaban J connectivity index is 1.92. The van der Waals surface area contributed by atoms with Crippen molar-refractivity contribution in [3.63, 3.8) is 0 Å². The number of nitrogens with two attached hydrogens (primary N) is 1. The number of nitrogen functional groups attached to an aromatic ring is 1. The number of amides is 1. The van der Waals surface area contributed by atoms with Gasteiger partial charge in [-0.2, -0.15) is 4.98 Å². The summed E-state index contributed by atoms with van der Waals surface area (Å²) in [6.07, 6.45) is 1.78. The van der Waals surface area contributed by atoms with Gasteiger partial charge < -0.3 is 15.5 Å². The molecule has 8 heteroatoms. The lowest BCUT2D eigenvalue weighted by Gasteiger charge is -2.10. The van der Waals surface area contributed by atoms with Crippen LogP contribution in [0.25, 0.3) is 11.1 Å². The summed E-state index contributed by atoms with van der Waals surface area (Å²) in [7, 11) is -3.96. The van der Waals surface area contributed by atoms with Crippen LogP contribution in [0.2, 0.25) is 0 Å². The van der Waals surface area contributed by atoms with E-state index in [-0.39, 0.29) is 11.6 Å². The normalized spacial score (nSPS) is 16.8. The van der Waals surface area contributed by atoms with Crippen LogP contribution in [-0.2, 0) is 14.6 Å². The molecule has 1 heterocycles. The van der Waals surface area contributed by atoms with E-state index in [4.69, 9.17) is 10.2 Å². The van der Waals surface area contributed by atoms with Gasteiger partial charge >= 0.3 is 5.22 Å². The van der Waals surface area contributed by atoms with Crippen molar-refractivity contribution < 1.29 is 17.6 Å². The van der Waals surface area contributed by atoms with Gasteiger partial charge in [0, 0.05) is 17.8 Å². The van der Waals surface area contributed by atoms with Gasteiger partial charge in [0.15, 0.2) is 5.58 Å². The number of hydrogen-bond acceptors (Lipinski definition) is 6. The molecule has 1 aromatic carbocycles. The number of fused-ring (bicyclic) bond motifs is 1. The minimum atomic E-state index is -3.96. The number of aromatic nitrogens is 1. The molecule has 1 amide bonds. The van der Waals surface area contributed by atoms with E-state index in [0.29, 0.717) is 11.2 Å². The molecule has 0 spiro atoms. The summed E-state index contributed by atoms with van der Waals surface area (Å²) in [5.74, 6) is -0.528. The van der Waals surface area contributed by atoms with E-state index in [1.165, 1.54) is 13.0 Å². The number of anilines is 1. The van der Waals surface area contributed by atoms with Crippen LogP contribution in [0.4, 0.5) is 5.69 Å². The van der Waals surface area contributed by atoms with E-state index in [0.717, 1.165) is 12.8 Å². The zero-order chi connectivity index (χ0) is 15.2. The molecular formula is C13H15N3O4S. The zero-order valence-corrected chi connectivity index (χ0v) is 12.2. The maximum Gasteiger partial charge on any atom is 0.316 e. The largest absolute Gasteiger partial charge is 0.428 e. The van der Waals surface area contributed by atoms with Crippen molar-refractivity contribution in [2.75, 3.05) is 5.73 Å². The van der Waals surface area contributed by atoms with Crippen molar-refractivity contribution in [2.24, 2.45) is 0 Å². The van der Waals surface area contributed by atoms with Gasteiger partial charge in [-0.25, -0.2) is 8.42 Å². The molecule has 21 heavy (non-hydrogen) atoms. The highest BCUT2D eigenvalue weighted by Crippen LogP contribution is 2.24. The number of rotatable bonds is 4. The van der Waals surface area contributed by atoms with Crippen molar-refractivity contribution in [1.82, 2.24) is 10.3 Å². The fraction of sp³-hybridized carbons (Fsp3) is 0.385. The Hall–Kier alpha value is -2.09. The molecule has 3 rings (SSSR count). The summed E-state index contributed by atoms with van der Waals surface area (Å²) in [6, 6.07) is 4.77. The van der Waals surface area contributed by atoms with Crippen LogP contribution in [0.1, 0.15) is 19.8 Å². The van der Waals surface area contributed by atoms with E-state index in [1.807, 2.05) is 0 Å². The van der Waals surface area contributed by atoms with E-state index in [9.17, 15) is 13.2 Å². The third-order valence-electron chi connectivity index (χ3n) is 3.39. The van der Waals surface area contributed by atoms with Gasteiger partial charge in [-0.05, 0) is 31.9 Å². The molecule has 0 bridgehead atoms. The summed E-state index contributed by atoms with van der Waals surface area (Å²) in [4.78, 5) is 15.8. The second-order valence-electron chi connectivity index (χ2n) is 5.18. The van der Waals surface area contributed by atoms with Crippen LogP contribution >= 0.6 is 0 Å². The van der Waals surface area contributed by atoms with Crippen molar-refractivity contribution in [2.45, 2.75) is 36.3 Å². The fourth-order valence-electron chi connectivity index (χ4n) is 1.88. The number of carbonyl (C=O) groups is 1. The second-order valence-corrected chi connectivity index (χ2v) is 7.32. The van der Waals surface area contributed by atoms with Gasteiger partial charge in [0.25, 0.3) is 0 Å². The lowest BCUT2D eigenvalue weighted by atomic mass is 10.3. The lowest BCUT2D eigenvalue weighted by molar-refractivity contribution is -0.120. The SMILES string of the molecule is CC(C(=O)NC1CC1)S(=O)(=O)c1nc2ccc(N)cc2o1. The van der Waals surface area contributed by atoms with Crippen molar-refractivity contribution in [3.05, 3.63) is 18.2 Å². The van der Waals surface area contributed by atoms with E-state index >= 15 is 0 Å². The molecule has 7 nitrogen and oxygen atoms in total. The van der Waals surface area contributed by atoms with Crippen molar-refractivity contribution in [3.8, 4) is 0 Å². The molecule has 1 atom stereocenters. The standard InChI is InChI=1S/C13H15N3O4S/c1-7(12(17)15-9-3-4-9)21(18,19)13-16-10-5-2-8(14)6-11(10)20-13/h2,5-7,9H,3-4,14H2,1H3,(H,15,17). The van der Waals surface area contributed by atoms with Gasteiger partial charge in [-0.1, -0.05) is 0 Å². The molecule has 1 fully saturated rings. The monoisotopic (exact) mass is 309 g/mol. The van der Waals surface area contributed by atoms with Gasteiger partial charge in [-0.3, -0.25) is 4.79 Å². The highest BCUT2D eigenvalue weighted by Gasteiger charge is 2.36. The van der Waals surface area contributed by atoms with Crippen LogP contribution in [0.3, 0.4) is 0 Å². The Morgan fingerprint density at radius 2 is 2.19 bits per heavy atom. The van der Waals surface area contributed by atoms with E-state index < -0.39 is 26.2 Å². The number of oxazole rings is 1. The number of nitrogens with zero attached hydrogens (tertiary/aromatic N) is 1. The first-order chi connectivity index (χ1) is 9.88. The summed E-state index contributed by atoms with van der Waals surface area (Å²) >= 11 is 0. The Morgan fingerprint density at radius 1 is 1.48 bits per heavy atom. The van der Waals surface area contributed by atoms with Gasteiger partial charge in [-0.15, -0.1) is 0 Å². The third kappa shape index (κ3) is 2.58. The number of sulfone groups is 1. The second kappa shape index (κ2) is 4.73. The maximum absolute atomic E-state index is 12.4. The molecule has 1 unspecified atom stereocenters. The van der Waals surface area contributed by atoms with Gasteiger partial charge in [0.05, 0.1) is 0 Å². The first-order valence-electron chi connectivity index (χ1n) is 6.58. The summed E-state index contributed by atoms with van der Waals surface area (Å²) in [5.41, 5.74) is 6.72. The first-order valence-corrected chi connectivity index (χ1v) is 8.13. The lowest BCUT2D eigenvalue weighted by Crippen LogP contribution is -2.39.